The molecule has 0 atom stereocenters. The van der Waals surface area contributed by atoms with Gasteiger partial charge in [-0.15, -0.1) is 0 Å². The number of pyridine rings is 1. The van der Waals surface area contributed by atoms with Crippen molar-refractivity contribution in [3.8, 4) is 22.6 Å². The molecule has 6 aromatic rings. The number of fused-ring (bicyclic) bond motifs is 4. The number of aromatic amines is 2. The number of aromatic hydroxyl groups is 1. The monoisotopic (exact) mass is 437 g/mol. The van der Waals surface area contributed by atoms with Gasteiger partial charge in [-0.1, -0.05) is 42.5 Å². The van der Waals surface area contributed by atoms with Crippen molar-refractivity contribution in [2.75, 3.05) is 6.61 Å². The summed E-state index contributed by atoms with van der Waals surface area (Å²) in [5, 5.41) is 17.7. The highest BCUT2D eigenvalue weighted by molar-refractivity contribution is 6.15. The van der Waals surface area contributed by atoms with Gasteiger partial charge in [-0.25, -0.2) is 4.98 Å². The van der Waals surface area contributed by atoms with E-state index in [9.17, 15) is 9.90 Å². The average Bonchev–Trinajstić information content (AvgIpc) is 3.46. The summed E-state index contributed by atoms with van der Waals surface area (Å²) in [5.74, 6) is 0.365. The van der Waals surface area contributed by atoms with Gasteiger partial charge in [0.25, 0.3) is 0 Å². The third kappa shape index (κ3) is 3.22. The molecule has 0 saturated heterocycles. The van der Waals surface area contributed by atoms with E-state index in [1.807, 2.05) is 48.7 Å². The minimum Gasteiger partial charge on any atom is -0.502 e. The normalized spacial score (nSPS) is 11.5. The number of hydrogen-bond donors (Lipinski definition) is 3. The summed E-state index contributed by atoms with van der Waals surface area (Å²) in [5.41, 5.74) is 4.32. The average molecular weight is 437 g/mol. The van der Waals surface area contributed by atoms with E-state index < -0.39 is 11.2 Å². The number of hydrogen-bond acceptors (Lipinski definition) is 5. The van der Waals surface area contributed by atoms with Crippen LogP contribution in [-0.4, -0.2) is 26.9 Å². The van der Waals surface area contributed by atoms with Crippen LogP contribution in [0.15, 0.2) is 82.1 Å². The first-order valence-electron chi connectivity index (χ1n) is 10.6. The molecule has 0 radical (unpaired) electrons. The molecular formula is C26H19N3O4. The second-order valence-corrected chi connectivity index (χ2v) is 7.84. The van der Waals surface area contributed by atoms with Crippen LogP contribution in [0.4, 0.5) is 0 Å². The molecule has 0 aliphatic rings. The number of benzene rings is 3. The predicted molar refractivity (Wildman–Crippen MR) is 127 cm³/mol. The Labute approximate surface area is 187 Å². The highest BCUT2D eigenvalue weighted by Gasteiger charge is 2.21. The molecule has 3 heterocycles. The van der Waals surface area contributed by atoms with Gasteiger partial charge in [-0.2, -0.15) is 0 Å². The first-order chi connectivity index (χ1) is 16.2. The molecule has 0 amide bonds. The quantitative estimate of drug-likeness (QED) is 0.346. The number of furan rings is 1. The van der Waals surface area contributed by atoms with Crippen molar-refractivity contribution < 1.29 is 14.3 Å². The van der Waals surface area contributed by atoms with E-state index in [2.05, 4.69) is 27.3 Å². The van der Waals surface area contributed by atoms with Crippen LogP contribution >= 0.6 is 0 Å². The number of rotatable bonds is 5. The number of aromatic nitrogens is 3. The molecule has 3 aromatic carbocycles. The van der Waals surface area contributed by atoms with Crippen molar-refractivity contribution in [2.24, 2.45) is 0 Å². The molecule has 0 aliphatic carbocycles. The van der Waals surface area contributed by atoms with Crippen molar-refractivity contribution in [3.05, 3.63) is 88.7 Å². The van der Waals surface area contributed by atoms with Crippen LogP contribution in [0.3, 0.4) is 0 Å². The van der Waals surface area contributed by atoms with Crippen molar-refractivity contribution in [2.45, 2.75) is 6.42 Å². The highest BCUT2D eigenvalue weighted by Crippen LogP contribution is 2.40. The molecule has 33 heavy (non-hydrogen) atoms. The van der Waals surface area contributed by atoms with E-state index in [1.54, 1.807) is 6.07 Å². The van der Waals surface area contributed by atoms with E-state index in [1.165, 1.54) is 11.6 Å². The van der Waals surface area contributed by atoms with Crippen LogP contribution in [-0.2, 0) is 6.42 Å². The zero-order valence-corrected chi connectivity index (χ0v) is 17.5. The summed E-state index contributed by atoms with van der Waals surface area (Å²) in [6, 6.07) is 20.9. The van der Waals surface area contributed by atoms with Crippen LogP contribution in [0.1, 0.15) is 5.56 Å². The van der Waals surface area contributed by atoms with E-state index >= 15 is 0 Å². The van der Waals surface area contributed by atoms with Gasteiger partial charge < -0.3 is 19.4 Å². The Morgan fingerprint density at radius 1 is 0.939 bits per heavy atom. The lowest BCUT2D eigenvalue weighted by Crippen LogP contribution is -2.01. The third-order valence-corrected chi connectivity index (χ3v) is 5.80. The Balaban J connectivity index is 1.40. The Hall–Kier alpha value is -4.52. The van der Waals surface area contributed by atoms with Gasteiger partial charge in [0.2, 0.25) is 11.2 Å². The summed E-state index contributed by atoms with van der Waals surface area (Å²) in [6.07, 6.45) is 2.64. The standard InChI is InChI=1S/C26H19N3O4/c30-20-11-10-18-22-25(33-24(18)23(20)31)21(19-14-27-29-26(19)28-22)16-6-8-17(9-7-16)32-13-12-15-4-2-1-3-5-15/h1-11,14,31H,12-13H2,(H2,27,28,29). The third-order valence-electron chi connectivity index (χ3n) is 5.80. The molecule has 0 aliphatic heterocycles. The van der Waals surface area contributed by atoms with Gasteiger partial charge >= 0.3 is 0 Å². The minimum absolute atomic E-state index is 0.142. The first kappa shape index (κ1) is 19.2. The molecule has 0 spiro atoms. The van der Waals surface area contributed by atoms with Gasteiger partial charge in [0.15, 0.2) is 16.8 Å². The molecule has 3 aromatic heterocycles. The summed E-state index contributed by atoms with van der Waals surface area (Å²) in [7, 11) is 0. The molecule has 7 heteroatoms. The second kappa shape index (κ2) is 7.56. The molecule has 3 N–H and O–H groups in total. The number of phenolic OH excluding ortho intramolecular Hbond substituents is 1. The van der Waals surface area contributed by atoms with Crippen molar-refractivity contribution in [1.82, 2.24) is 15.2 Å². The van der Waals surface area contributed by atoms with Crippen LogP contribution in [0.5, 0.6) is 11.5 Å². The van der Waals surface area contributed by atoms with Crippen LogP contribution in [0.25, 0.3) is 44.2 Å². The van der Waals surface area contributed by atoms with E-state index in [-0.39, 0.29) is 5.58 Å². The number of phenols is 1. The summed E-state index contributed by atoms with van der Waals surface area (Å²) >= 11 is 0. The first-order valence-corrected chi connectivity index (χ1v) is 10.6. The second-order valence-electron chi connectivity index (χ2n) is 7.84. The van der Waals surface area contributed by atoms with Crippen molar-refractivity contribution in [1.29, 1.82) is 0 Å². The smallest absolute Gasteiger partial charge is 0.224 e. The zero-order valence-electron chi connectivity index (χ0n) is 17.5. The SMILES string of the molecule is O=c1ccc2c(oc3c(-c4ccc(OCCc5ccccc5)cc4)c4c[nH][nH]c4nc32)c1O. The van der Waals surface area contributed by atoms with Crippen molar-refractivity contribution >= 4 is 33.1 Å². The van der Waals surface area contributed by atoms with Gasteiger partial charge in [-0.05, 0) is 35.4 Å². The molecular weight excluding hydrogens is 418 g/mol. The maximum absolute atomic E-state index is 11.9. The maximum atomic E-state index is 11.9. The van der Waals surface area contributed by atoms with Crippen molar-refractivity contribution in [3.63, 3.8) is 0 Å². The lowest BCUT2D eigenvalue weighted by Gasteiger charge is -2.08. The molecule has 0 fully saturated rings. The fourth-order valence-electron chi connectivity index (χ4n) is 4.16. The predicted octanol–water partition coefficient (Wildman–Crippen LogP) is 5.14. The molecule has 6 rings (SSSR count). The summed E-state index contributed by atoms with van der Waals surface area (Å²) < 4.78 is 11.9. The topological polar surface area (TPSA) is 104 Å². The number of H-pyrrole nitrogens is 2. The van der Waals surface area contributed by atoms with Crippen LogP contribution in [0.2, 0.25) is 0 Å². The van der Waals surface area contributed by atoms with E-state index in [0.29, 0.717) is 28.7 Å². The van der Waals surface area contributed by atoms with Crippen LogP contribution < -0.4 is 10.2 Å². The van der Waals surface area contributed by atoms with Crippen LogP contribution in [0, 0.1) is 0 Å². The Kier molecular flexibility index (Phi) is 4.40. The Bertz CT molecular complexity index is 1660. The lowest BCUT2D eigenvalue weighted by atomic mass is 10.0. The molecule has 0 saturated carbocycles. The highest BCUT2D eigenvalue weighted by atomic mass is 16.5. The van der Waals surface area contributed by atoms with Gasteiger partial charge in [0, 0.05) is 23.6 Å². The van der Waals surface area contributed by atoms with Gasteiger partial charge in [0.05, 0.1) is 12.0 Å². The largest absolute Gasteiger partial charge is 0.502 e. The molecule has 0 unspecified atom stereocenters. The Morgan fingerprint density at radius 2 is 1.76 bits per heavy atom. The molecule has 162 valence electrons. The number of ether oxygens (including phenoxy) is 1. The molecule has 7 nitrogen and oxygen atoms in total. The van der Waals surface area contributed by atoms with E-state index in [0.717, 1.165) is 28.7 Å². The van der Waals surface area contributed by atoms with E-state index in [4.69, 9.17) is 9.15 Å². The number of nitrogens with one attached hydrogen (secondary N) is 2. The molecule has 0 bridgehead atoms. The summed E-state index contributed by atoms with van der Waals surface area (Å²) in [6.45, 7) is 0.584. The van der Waals surface area contributed by atoms with Gasteiger partial charge in [-0.3, -0.25) is 9.89 Å². The fraction of sp³-hybridized carbons (Fsp3) is 0.0769. The number of nitrogens with zero attached hydrogens (tertiary/aromatic N) is 1. The maximum Gasteiger partial charge on any atom is 0.224 e. The fourth-order valence-corrected chi connectivity index (χ4v) is 4.16. The van der Waals surface area contributed by atoms with Gasteiger partial charge in [0.1, 0.15) is 11.3 Å². The Morgan fingerprint density at radius 3 is 2.58 bits per heavy atom. The minimum atomic E-state index is -0.487. The summed E-state index contributed by atoms with van der Waals surface area (Å²) in [4.78, 5) is 16.6. The zero-order chi connectivity index (χ0) is 22.4. The lowest BCUT2D eigenvalue weighted by molar-refractivity contribution is 0.322.